The highest BCUT2D eigenvalue weighted by atomic mass is 35.5. The van der Waals surface area contributed by atoms with Crippen molar-refractivity contribution in [2.45, 2.75) is 6.61 Å². The van der Waals surface area contributed by atoms with E-state index in [0.717, 1.165) is 5.56 Å². The molecule has 3 rings (SSSR count). The van der Waals surface area contributed by atoms with Gasteiger partial charge in [0.15, 0.2) is 0 Å². The van der Waals surface area contributed by atoms with Crippen LogP contribution in [-0.2, 0) is 6.61 Å². The van der Waals surface area contributed by atoms with E-state index >= 15 is 0 Å². The molecule has 0 fully saturated rings. The minimum atomic E-state index is -0.541. The predicted molar refractivity (Wildman–Crippen MR) is 89.8 cm³/mol. The van der Waals surface area contributed by atoms with E-state index in [1.54, 1.807) is 18.2 Å². The fraction of sp³-hybridized carbons (Fsp3) is 0.0556. The number of rotatable bonds is 4. The quantitative estimate of drug-likeness (QED) is 0.557. The summed E-state index contributed by atoms with van der Waals surface area (Å²) in [5, 5.41) is 0.461. The van der Waals surface area contributed by atoms with Crippen LogP contribution in [0.1, 0.15) is 5.56 Å². The van der Waals surface area contributed by atoms with E-state index in [1.165, 1.54) is 12.3 Å². The molecule has 0 saturated heterocycles. The number of nitrogens with two attached hydrogens (primary N) is 1. The van der Waals surface area contributed by atoms with Crippen molar-refractivity contribution in [3.63, 3.8) is 0 Å². The fourth-order valence-electron chi connectivity index (χ4n) is 2.19. The van der Waals surface area contributed by atoms with E-state index in [1.807, 2.05) is 30.3 Å². The zero-order valence-electron chi connectivity index (χ0n) is 12.2. The number of hydrogen-bond donors (Lipinski definition) is 1. The number of anilines is 1. The summed E-state index contributed by atoms with van der Waals surface area (Å²) < 4.78 is 18.8. The molecule has 0 amide bonds. The molecule has 1 heterocycles. The summed E-state index contributed by atoms with van der Waals surface area (Å²) >= 11 is 6.24. The van der Waals surface area contributed by atoms with Crippen molar-refractivity contribution in [1.82, 2.24) is 4.98 Å². The summed E-state index contributed by atoms with van der Waals surface area (Å²) in [6, 6.07) is 16.0. The lowest BCUT2D eigenvalue weighted by molar-refractivity contribution is 0.308. The summed E-state index contributed by atoms with van der Waals surface area (Å²) in [5.74, 6) is -0.0153. The van der Waals surface area contributed by atoms with Crippen LogP contribution >= 0.6 is 11.6 Å². The molecule has 3 nitrogen and oxygen atoms in total. The van der Waals surface area contributed by atoms with Gasteiger partial charge in [-0.3, -0.25) is 0 Å². The van der Waals surface area contributed by atoms with Gasteiger partial charge in [0.05, 0.1) is 10.7 Å². The van der Waals surface area contributed by atoms with Gasteiger partial charge in [0.25, 0.3) is 0 Å². The molecule has 0 aliphatic rings. The van der Waals surface area contributed by atoms with Crippen molar-refractivity contribution < 1.29 is 9.13 Å². The molecule has 0 atom stereocenters. The van der Waals surface area contributed by atoms with Crippen LogP contribution in [0.15, 0.2) is 60.8 Å². The first-order chi connectivity index (χ1) is 11.1. The second-order valence-corrected chi connectivity index (χ2v) is 5.42. The van der Waals surface area contributed by atoms with Gasteiger partial charge in [-0.2, -0.15) is 4.39 Å². The zero-order chi connectivity index (χ0) is 16.2. The van der Waals surface area contributed by atoms with Crippen LogP contribution in [0.3, 0.4) is 0 Å². The smallest absolute Gasteiger partial charge is 0.212 e. The molecule has 0 aliphatic carbocycles. The van der Waals surface area contributed by atoms with Crippen LogP contribution in [0.4, 0.5) is 10.1 Å². The standard InChI is InChI=1S/C18H14ClFN2O/c19-15-9-16(21)17(23-11-12-4-2-1-3-5-12)8-14(15)13-6-7-18(20)22-10-13/h1-10H,11,21H2. The van der Waals surface area contributed by atoms with E-state index in [4.69, 9.17) is 22.1 Å². The molecule has 23 heavy (non-hydrogen) atoms. The molecule has 0 radical (unpaired) electrons. The first kappa shape index (κ1) is 15.3. The number of hydrogen-bond acceptors (Lipinski definition) is 3. The summed E-state index contributed by atoms with van der Waals surface area (Å²) in [4.78, 5) is 3.64. The van der Waals surface area contributed by atoms with Gasteiger partial charge in [0, 0.05) is 17.3 Å². The van der Waals surface area contributed by atoms with Crippen molar-refractivity contribution >= 4 is 17.3 Å². The largest absolute Gasteiger partial charge is 0.487 e. The van der Waals surface area contributed by atoms with Crippen LogP contribution < -0.4 is 10.5 Å². The third kappa shape index (κ3) is 3.60. The number of pyridine rings is 1. The van der Waals surface area contributed by atoms with Crippen molar-refractivity contribution in [1.29, 1.82) is 0 Å². The van der Waals surface area contributed by atoms with E-state index in [0.29, 0.717) is 34.2 Å². The molecule has 2 N–H and O–H groups in total. The van der Waals surface area contributed by atoms with Crippen LogP contribution in [0, 0.1) is 5.95 Å². The van der Waals surface area contributed by atoms with E-state index in [9.17, 15) is 4.39 Å². The highest BCUT2D eigenvalue weighted by molar-refractivity contribution is 6.33. The second-order valence-electron chi connectivity index (χ2n) is 5.01. The van der Waals surface area contributed by atoms with Crippen molar-refractivity contribution in [2.75, 3.05) is 5.73 Å². The van der Waals surface area contributed by atoms with E-state index in [2.05, 4.69) is 4.98 Å². The van der Waals surface area contributed by atoms with Gasteiger partial charge < -0.3 is 10.5 Å². The molecule has 0 bridgehead atoms. The molecule has 2 aromatic carbocycles. The molecule has 1 aromatic heterocycles. The maximum atomic E-state index is 13.0. The van der Waals surface area contributed by atoms with Gasteiger partial charge in [-0.1, -0.05) is 41.9 Å². The summed E-state index contributed by atoms with van der Waals surface area (Å²) in [7, 11) is 0. The Labute approximate surface area is 138 Å². The third-order valence-electron chi connectivity index (χ3n) is 3.38. The van der Waals surface area contributed by atoms with Gasteiger partial charge in [-0.25, -0.2) is 4.98 Å². The number of halogens is 2. The van der Waals surface area contributed by atoms with E-state index in [-0.39, 0.29) is 0 Å². The summed E-state index contributed by atoms with van der Waals surface area (Å²) in [6.45, 7) is 0.397. The number of benzene rings is 2. The van der Waals surface area contributed by atoms with Gasteiger partial charge >= 0.3 is 0 Å². The Balaban J connectivity index is 1.89. The number of nitrogens with zero attached hydrogens (tertiary/aromatic N) is 1. The first-order valence-electron chi connectivity index (χ1n) is 7.01. The topological polar surface area (TPSA) is 48.1 Å². The fourth-order valence-corrected chi connectivity index (χ4v) is 2.47. The van der Waals surface area contributed by atoms with Crippen LogP contribution in [0.2, 0.25) is 5.02 Å². The lowest BCUT2D eigenvalue weighted by Gasteiger charge is -2.12. The Morgan fingerprint density at radius 3 is 2.57 bits per heavy atom. The molecule has 0 aliphatic heterocycles. The van der Waals surface area contributed by atoms with Crippen molar-refractivity contribution in [3.05, 3.63) is 77.3 Å². The van der Waals surface area contributed by atoms with Gasteiger partial charge in [0.1, 0.15) is 12.4 Å². The second kappa shape index (κ2) is 6.67. The Morgan fingerprint density at radius 1 is 1.09 bits per heavy atom. The molecular weight excluding hydrogens is 315 g/mol. The minimum Gasteiger partial charge on any atom is -0.487 e. The van der Waals surface area contributed by atoms with Gasteiger partial charge in [-0.05, 0) is 29.8 Å². The third-order valence-corrected chi connectivity index (χ3v) is 3.69. The summed E-state index contributed by atoms with van der Waals surface area (Å²) in [6.07, 6.45) is 1.42. The van der Waals surface area contributed by atoms with Crippen LogP contribution in [-0.4, -0.2) is 4.98 Å². The molecule has 116 valence electrons. The average Bonchev–Trinajstić information content (AvgIpc) is 2.56. The Kier molecular flexibility index (Phi) is 4.44. The average molecular weight is 329 g/mol. The van der Waals surface area contributed by atoms with Gasteiger partial charge in [0.2, 0.25) is 5.95 Å². The maximum Gasteiger partial charge on any atom is 0.212 e. The molecule has 5 heteroatoms. The van der Waals surface area contributed by atoms with Gasteiger partial charge in [-0.15, -0.1) is 0 Å². The molecule has 3 aromatic rings. The monoisotopic (exact) mass is 328 g/mol. The van der Waals surface area contributed by atoms with Crippen LogP contribution in [0.25, 0.3) is 11.1 Å². The van der Waals surface area contributed by atoms with Crippen LogP contribution in [0.5, 0.6) is 5.75 Å². The molecule has 0 spiro atoms. The Morgan fingerprint density at radius 2 is 1.87 bits per heavy atom. The predicted octanol–water partition coefficient (Wildman–Crippen LogP) is 4.70. The Bertz CT molecular complexity index is 807. The Hall–Kier alpha value is -2.59. The molecule has 0 unspecified atom stereocenters. The molecular formula is C18H14ClFN2O. The number of nitrogen functional groups attached to an aromatic ring is 1. The highest BCUT2D eigenvalue weighted by Crippen LogP contribution is 2.35. The first-order valence-corrected chi connectivity index (χ1v) is 7.39. The zero-order valence-corrected chi connectivity index (χ0v) is 12.9. The lowest BCUT2D eigenvalue weighted by Crippen LogP contribution is -1.99. The number of aromatic nitrogens is 1. The minimum absolute atomic E-state index is 0.397. The SMILES string of the molecule is Nc1cc(Cl)c(-c2ccc(F)nc2)cc1OCc1ccccc1. The van der Waals surface area contributed by atoms with Crippen molar-refractivity contribution in [3.8, 4) is 16.9 Å². The number of ether oxygens (including phenoxy) is 1. The maximum absolute atomic E-state index is 13.0. The lowest BCUT2D eigenvalue weighted by atomic mass is 10.1. The summed E-state index contributed by atoms with van der Waals surface area (Å²) in [5.41, 5.74) is 8.84. The molecule has 0 saturated carbocycles. The normalized spacial score (nSPS) is 10.5. The van der Waals surface area contributed by atoms with E-state index < -0.39 is 5.95 Å². The highest BCUT2D eigenvalue weighted by Gasteiger charge is 2.10. The van der Waals surface area contributed by atoms with Crippen molar-refractivity contribution in [2.24, 2.45) is 0 Å².